The highest BCUT2D eigenvalue weighted by molar-refractivity contribution is 8.00. The zero-order chi connectivity index (χ0) is 21.7. The second-order valence-corrected chi connectivity index (χ2v) is 8.47. The van der Waals surface area contributed by atoms with Crippen molar-refractivity contribution in [3.63, 3.8) is 0 Å². The molecule has 0 radical (unpaired) electrons. The zero-order valence-electron chi connectivity index (χ0n) is 16.5. The minimum Gasteiger partial charge on any atom is -0.480 e. The number of rotatable bonds is 9. The topological polar surface area (TPSA) is 119 Å². The number of thioether (sulfide) groups is 1. The molecule has 1 aliphatic heterocycles. The number of aldehydes is 1. The third-order valence-electron chi connectivity index (χ3n) is 5.06. The van der Waals surface area contributed by atoms with E-state index >= 15 is 0 Å². The highest BCUT2D eigenvalue weighted by Crippen LogP contribution is 2.28. The van der Waals surface area contributed by atoms with Crippen LogP contribution in [-0.4, -0.2) is 46.4 Å². The van der Waals surface area contributed by atoms with Gasteiger partial charge in [0.05, 0.1) is 6.04 Å². The van der Waals surface area contributed by atoms with E-state index in [0.717, 1.165) is 16.7 Å². The van der Waals surface area contributed by atoms with Gasteiger partial charge in [-0.2, -0.15) is 0 Å². The van der Waals surface area contributed by atoms with Gasteiger partial charge in [0.15, 0.2) is 6.29 Å². The van der Waals surface area contributed by atoms with E-state index < -0.39 is 23.8 Å². The van der Waals surface area contributed by atoms with Crippen LogP contribution in [0.4, 0.5) is 0 Å². The molecule has 0 bridgehead atoms. The highest BCUT2D eigenvalue weighted by atomic mass is 32.2. The van der Waals surface area contributed by atoms with Crippen molar-refractivity contribution in [3.8, 4) is 11.5 Å². The molecule has 1 fully saturated rings. The third kappa shape index (κ3) is 5.47. The van der Waals surface area contributed by atoms with Crippen LogP contribution in [0.25, 0.3) is 0 Å². The van der Waals surface area contributed by atoms with E-state index in [9.17, 15) is 14.4 Å². The predicted molar refractivity (Wildman–Crippen MR) is 115 cm³/mol. The number of nitrogens with one attached hydrogen (secondary N) is 1. The maximum absolute atomic E-state index is 11.7. The van der Waals surface area contributed by atoms with Crippen molar-refractivity contribution in [1.29, 1.82) is 0 Å². The monoisotopic (exact) mass is 428 g/mol. The lowest BCUT2D eigenvalue weighted by Gasteiger charge is -2.15. The van der Waals surface area contributed by atoms with Gasteiger partial charge < -0.3 is 15.6 Å². The van der Waals surface area contributed by atoms with Crippen molar-refractivity contribution in [3.05, 3.63) is 59.2 Å². The van der Waals surface area contributed by atoms with Crippen LogP contribution in [0.15, 0.2) is 42.5 Å². The average molecular weight is 429 g/mol. The molecule has 0 aromatic heterocycles. The number of carboxylic acid groups (broad SMARTS) is 1. The molecule has 0 spiro atoms. The van der Waals surface area contributed by atoms with E-state index in [1.54, 1.807) is 17.8 Å². The molecule has 3 atom stereocenters. The van der Waals surface area contributed by atoms with Crippen molar-refractivity contribution >= 4 is 29.8 Å². The van der Waals surface area contributed by atoms with Crippen LogP contribution in [0.2, 0.25) is 0 Å². The number of hydrogen-bond donors (Lipinski definition) is 3. The largest absolute Gasteiger partial charge is 0.480 e. The Morgan fingerprint density at radius 2 is 1.97 bits per heavy atom. The van der Waals surface area contributed by atoms with Crippen molar-refractivity contribution in [2.75, 3.05) is 5.88 Å². The summed E-state index contributed by atoms with van der Waals surface area (Å²) in [6, 6.07) is 11.7. The van der Waals surface area contributed by atoms with Gasteiger partial charge in [0.2, 0.25) is 5.78 Å². The Labute approximate surface area is 179 Å². The number of ether oxygens (including phenoxy) is 1. The molecule has 30 heavy (non-hydrogen) atoms. The van der Waals surface area contributed by atoms with Gasteiger partial charge in [-0.05, 0) is 60.7 Å². The fourth-order valence-electron chi connectivity index (χ4n) is 3.35. The Hall–Kier alpha value is -2.68. The molecule has 7 nitrogen and oxygen atoms in total. The average Bonchev–Trinajstić information content (AvgIpc) is 3.19. The SMILES string of the molecule is Cc1cc(Oc2ccc(CC3SCNC3C(=O)C=O)cc2)ccc1CC(N)C(=O)O. The van der Waals surface area contributed by atoms with Crippen molar-refractivity contribution < 1.29 is 24.2 Å². The Balaban J connectivity index is 1.62. The van der Waals surface area contributed by atoms with Gasteiger partial charge in [-0.15, -0.1) is 11.8 Å². The number of hydrogen-bond acceptors (Lipinski definition) is 7. The minimum absolute atomic E-state index is 0.0295. The van der Waals surface area contributed by atoms with Crippen LogP contribution in [0.5, 0.6) is 11.5 Å². The zero-order valence-corrected chi connectivity index (χ0v) is 17.4. The second-order valence-electron chi connectivity index (χ2n) is 7.24. The summed E-state index contributed by atoms with van der Waals surface area (Å²) in [5.41, 5.74) is 8.45. The molecule has 1 aliphatic rings. The number of carboxylic acids is 1. The van der Waals surface area contributed by atoms with Gasteiger partial charge in [-0.3, -0.25) is 19.7 Å². The van der Waals surface area contributed by atoms with E-state index in [2.05, 4.69) is 5.32 Å². The molecule has 0 aliphatic carbocycles. The Kier molecular flexibility index (Phi) is 7.25. The maximum atomic E-state index is 11.7. The summed E-state index contributed by atoms with van der Waals surface area (Å²) < 4.78 is 5.90. The second kappa shape index (κ2) is 9.88. The van der Waals surface area contributed by atoms with Crippen LogP contribution in [0.3, 0.4) is 0 Å². The lowest BCUT2D eigenvalue weighted by molar-refractivity contribution is -0.138. The quantitative estimate of drug-likeness (QED) is 0.410. The van der Waals surface area contributed by atoms with E-state index in [-0.39, 0.29) is 11.7 Å². The molecule has 0 saturated carbocycles. The molecule has 0 amide bonds. The summed E-state index contributed by atoms with van der Waals surface area (Å²) in [5, 5.41) is 12.1. The fraction of sp³-hybridized carbons (Fsp3) is 0.318. The summed E-state index contributed by atoms with van der Waals surface area (Å²) in [4.78, 5) is 33.4. The normalized spacial score (nSPS) is 19.3. The summed E-state index contributed by atoms with van der Waals surface area (Å²) in [6.45, 7) is 1.89. The van der Waals surface area contributed by atoms with Crippen molar-refractivity contribution in [1.82, 2.24) is 5.32 Å². The summed E-state index contributed by atoms with van der Waals surface area (Å²) >= 11 is 1.64. The number of nitrogens with two attached hydrogens (primary N) is 1. The fourth-order valence-corrected chi connectivity index (χ4v) is 4.58. The number of aliphatic carboxylic acids is 1. The first kappa shape index (κ1) is 22.0. The standard InChI is InChI=1S/C22H24N2O5S/c1-13-8-17(7-4-15(13)10-18(23)22(27)28)29-16-5-2-14(3-6-16)9-20-21(19(26)11-25)24-12-30-20/h2-8,11,18,20-21,24H,9-10,12,23H2,1H3,(H,27,28). The molecule has 8 heteroatoms. The molecule has 2 aromatic carbocycles. The van der Waals surface area contributed by atoms with Gasteiger partial charge in [-0.25, -0.2) is 0 Å². The Morgan fingerprint density at radius 1 is 1.27 bits per heavy atom. The summed E-state index contributed by atoms with van der Waals surface area (Å²) in [5.74, 6) is 0.547. The first-order valence-electron chi connectivity index (χ1n) is 9.56. The van der Waals surface area contributed by atoms with Crippen molar-refractivity contribution in [2.24, 2.45) is 5.73 Å². The van der Waals surface area contributed by atoms with Gasteiger partial charge in [0, 0.05) is 11.1 Å². The number of carbonyl (C=O) groups excluding carboxylic acids is 2. The Bertz CT molecular complexity index is 932. The molecular weight excluding hydrogens is 404 g/mol. The van der Waals surface area contributed by atoms with Crippen molar-refractivity contribution in [2.45, 2.75) is 37.1 Å². The van der Waals surface area contributed by atoms with E-state index in [4.69, 9.17) is 15.6 Å². The number of benzene rings is 2. The first-order chi connectivity index (χ1) is 14.4. The van der Waals surface area contributed by atoms with Gasteiger partial charge in [0.1, 0.15) is 17.5 Å². The van der Waals surface area contributed by atoms with E-state index in [1.165, 1.54) is 0 Å². The third-order valence-corrected chi connectivity index (χ3v) is 6.26. The maximum Gasteiger partial charge on any atom is 0.320 e. The molecule has 158 valence electrons. The first-order valence-corrected chi connectivity index (χ1v) is 10.6. The van der Waals surface area contributed by atoms with Crippen LogP contribution in [0.1, 0.15) is 16.7 Å². The number of Topliss-reactive ketones (excluding diaryl/α,β-unsaturated/α-hetero) is 1. The van der Waals surface area contributed by atoms with Crippen LogP contribution >= 0.6 is 11.8 Å². The van der Waals surface area contributed by atoms with E-state index in [1.807, 2.05) is 43.3 Å². The van der Waals surface area contributed by atoms with Gasteiger partial charge >= 0.3 is 5.97 Å². The number of carbonyl (C=O) groups is 3. The molecule has 3 unspecified atom stereocenters. The number of ketones is 1. The lowest BCUT2D eigenvalue weighted by Crippen LogP contribution is -2.39. The van der Waals surface area contributed by atoms with E-state index in [0.29, 0.717) is 30.1 Å². The number of aryl methyl sites for hydroxylation is 1. The minimum atomic E-state index is -1.02. The molecule has 2 aromatic rings. The smallest absolute Gasteiger partial charge is 0.320 e. The molecule has 1 saturated heterocycles. The molecule has 1 heterocycles. The molecule has 3 rings (SSSR count). The molecular formula is C22H24N2O5S. The highest BCUT2D eigenvalue weighted by Gasteiger charge is 2.32. The molecule has 4 N–H and O–H groups in total. The predicted octanol–water partition coefficient (Wildman–Crippen LogP) is 2.08. The van der Waals surface area contributed by atoms with Crippen LogP contribution in [-0.2, 0) is 27.2 Å². The lowest BCUT2D eigenvalue weighted by atomic mass is 10.0. The van der Waals surface area contributed by atoms with Crippen LogP contribution < -0.4 is 15.8 Å². The Morgan fingerprint density at radius 3 is 2.60 bits per heavy atom. The van der Waals surface area contributed by atoms with Gasteiger partial charge in [-0.1, -0.05) is 18.2 Å². The summed E-state index contributed by atoms with van der Waals surface area (Å²) in [6.07, 6.45) is 1.33. The van der Waals surface area contributed by atoms with Crippen LogP contribution in [0, 0.1) is 6.92 Å². The van der Waals surface area contributed by atoms with Gasteiger partial charge in [0.25, 0.3) is 0 Å². The summed E-state index contributed by atoms with van der Waals surface area (Å²) in [7, 11) is 0.